The summed E-state index contributed by atoms with van der Waals surface area (Å²) in [5.41, 5.74) is 4.31. The summed E-state index contributed by atoms with van der Waals surface area (Å²) in [7, 11) is 0. The van der Waals surface area contributed by atoms with E-state index in [0.717, 1.165) is 11.3 Å². The smallest absolute Gasteiger partial charge is 0.251 e. The van der Waals surface area contributed by atoms with Crippen LogP contribution < -0.4 is 5.32 Å². The Kier molecular flexibility index (Phi) is 5.78. The van der Waals surface area contributed by atoms with Gasteiger partial charge in [-0.15, -0.1) is 11.3 Å². The highest BCUT2D eigenvalue weighted by Gasteiger charge is 2.18. The number of aliphatic hydroxyl groups is 1. The van der Waals surface area contributed by atoms with E-state index in [4.69, 9.17) is 0 Å². The third-order valence-electron chi connectivity index (χ3n) is 3.27. The molecule has 2 aromatic rings. The van der Waals surface area contributed by atoms with Crippen molar-refractivity contribution in [2.45, 2.75) is 18.2 Å². The topological polar surface area (TPSA) is 62.2 Å². The lowest BCUT2D eigenvalue weighted by atomic mass is 10.1. The Labute approximate surface area is 132 Å². The second-order valence-electron chi connectivity index (χ2n) is 4.67. The Morgan fingerprint density at radius 2 is 2.14 bits per heavy atom. The van der Waals surface area contributed by atoms with Gasteiger partial charge in [-0.25, -0.2) is 4.98 Å². The largest absolute Gasteiger partial charge is 0.395 e. The number of hydrogen-bond donors (Lipinski definition) is 2. The van der Waals surface area contributed by atoms with Crippen LogP contribution in [-0.4, -0.2) is 40.2 Å². The number of thioether (sulfide) groups is 1. The van der Waals surface area contributed by atoms with Crippen LogP contribution in [0.15, 0.2) is 35.2 Å². The van der Waals surface area contributed by atoms with E-state index < -0.39 is 0 Å². The van der Waals surface area contributed by atoms with Gasteiger partial charge in [-0.05, 0) is 25.3 Å². The summed E-state index contributed by atoms with van der Waals surface area (Å²) >= 11 is 3.09. The molecule has 2 rings (SSSR count). The van der Waals surface area contributed by atoms with Crippen LogP contribution in [0.3, 0.4) is 0 Å². The Hall–Kier alpha value is -1.37. The molecule has 0 saturated carbocycles. The lowest BCUT2D eigenvalue weighted by Gasteiger charge is -2.21. The minimum absolute atomic E-state index is 0.00299. The number of nitrogens with zero attached hydrogens (tertiary/aromatic N) is 1. The quantitative estimate of drug-likeness (QED) is 0.858. The van der Waals surface area contributed by atoms with Crippen LogP contribution in [0.5, 0.6) is 0 Å². The minimum atomic E-state index is -0.125. The maximum atomic E-state index is 12.2. The normalized spacial score (nSPS) is 13.7. The zero-order chi connectivity index (χ0) is 15.2. The maximum absolute atomic E-state index is 12.2. The number of hydrogen-bond acceptors (Lipinski definition) is 5. The molecule has 0 aliphatic carbocycles. The molecule has 112 valence electrons. The van der Waals surface area contributed by atoms with Crippen molar-refractivity contribution < 1.29 is 9.90 Å². The Bertz CT molecular complexity index is 566. The van der Waals surface area contributed by atoms with Gasteiger partial charge in [0.1, 0.15) is 0 Å². The zero-order valence-electron chi connectivity index (χ0n) is 11.9. The lowest BCUT2D eigenvalue weighted by Crippen LogP contribution is -2.41. The summed E-state index contributed by atoms with van der Waals surface area (Å²) in [6, 6.07) is 7.29. The summed E-state index contributed by atoms with van der Waals surface area (Å²) in [5.74, 6) is -0.125. The molecule has 0 aliphatic rings. The van der Waals surface area contributed by atoms with Gasteiger partial charge in [0, 0.05) is 27.8 Å². The lowest BCUT2D eigenvalue weighted by molar-refractivity contribution is 0.0936. The van der Waals surface area contributed by atoms with E-state index in [1.165, 1.54) is 0 Å². The first kappa shape index (κ1) is 16.0. The molecule has 1 amide bonds. The predicted molar refractivity (Wildman–Crippen MR) is 88.9 cm³/mol. The van der Waals surface area contributed by atoms with Crippen molar-refractivity contribution in [3.63, 3.8) is 0 Å². The SMILES string of the molecule is CSC(CO)C(C)NC(=O)c1ccc(-c2cscn2)cc1. The summed E-state index contributed by atoms with van der Waals surface area (Å²) in [4.78, 5) is 16.4. The third kappa shape index (κ3) is 4.06. The second-order valence-corrected chi connectivity index (χ2v) is 6.47. The molecule has 1 aromatic heterocycles. The van der Waals surface area contributed by atoms with Crippen molar-refractivity contribution in [3.05, 3.63) is 40.7 Å². The van der Waals surface area contributed by atoms with Crippen LogP contribution in [0, 0.1) is 0 Å². The molecular formula is C15H18N2O2S2. The van der Waals surface area contributed by atoms with Crippen LogP contribution in [0.2, 0.25) is 0 Å². The fourth-order valence-corrected chi connectivity index (χ4v) is 3.15. The molecule has 21 heavy (non-hydrogen) atoms. The van der Waals surface area contributed by atoms with Crippen molar-refractivity contribution in [1.82, 2.24) is 10.3 Å². The first-order chi connectivity index (χ1) is 10.2. The zero-order valence-corrected chi connectivity index (χ0v) is 13.6. The molecule has 0 spiro atoms. The van der Waals surface area contributed by atoms with Gasteiger partial charge >= 0.3 is 0 Å². The fraction of sp³-hybridized carbons (Fsp3) is 0.333. The van der Waals surface area contributed by atoms with E-state index in [1.54, 1.807) is 40.7 Å². The van der Waals surface area contributed by atoms with E-state index in [-0.39, 0.29) is 23.8 Å². The van der Waals surface area contributed by atoms with Gasteiger partial charge in [-0.1, -0.05) is 12.1 Å². The molecule has 2 unspecified atom stereocenters. The third-order valence-corrected chi connectivity index (χ3v) is 5.02. The average Bonchev–Trinajstić information content (AvgIpc) is 3.03. The molecule has 0 saturated heterocycles. The predicted octanol–water partition coefficient (Wildman–Crippen LogP) is 2.65. The number of aliphatic hydroxyl groups excluding tert-OH is 1. The number of thiazole rings is 1. The van der Waals surface area contributed by atoms with Gasteiger partial charge in [0.15, 0.2) is 0 Å². The average molecular weight is 322 g/mol. The van der Waals surface area contributed by atoms with E-state index in [0.29, 0.717) is 5.56 Å². The van der Waals surface area contributed by atoms with Crippen molar-refractivity contribution in [2.75, 3.05) is 12.9 Å². The number of aromatic nitrogens is 1. The molecule has 2 N–H and O–H groups in total. The molecule has 4 nitrogen and oxygen atoms in total. The van der Waals surface area contributed by atoms with Gasteiger partial charge in [0.25, 0.3) is 5.91 Å². The Balaban J connectivity index is 2.03. The number of nitrogens with one attached hydrogen (secondary N) is 1. The molecule has 1 heterocycles. The second kappa shape index (κ2) is 7.59. The van der Waals surface area contributed by atoms with Gasteiger partial charge in [-0.2, -0.15) is 11.8 Å². The van der Waals surface area contributed by atoms with Crippen LogP contribution >= 0.6 is 23.1 Å². The van der Waals surface area contributed by atoms with Gasteiger partial charge in [0.05, 0.1) is 17.8 Å². The van der Waals surface area contributed by atoms with Gasteiger partial charge in [0.2, 0.25) is 0 Å². The summed E-state index contributed by atoms with van der Waals surface area (Å²) in [6.45, 7) is 1.95. The van der Waals surface area contributed by atoms with Crippen molar-refractivity contribution in [2.24, 2.45) is 0 Å². The van der Waals surface area contributed by atoms with Crippen molar-refractivity contribution in [3.8, 4) is 11.3 Å². The molecule has 0 aliphatic heterocycles. The van der Waals surface area contributed by atoms with E-state index >= 15 is 0 Å². The number of carbonyl (C=O) groups excluding carboxylic acids is 1. The molecule has 0 radical (unpaired) electrons. The van der Waals surface area contributed by atoms with E-state index in [2.05, 4.69) is 10.3 Å². The highest BCUT2D eigenvalue weighted by atomic mass is 32.2. The molecule has 6 heteroatoms. The monoisotopic (exact) mass is 322 g/mol. The Morgan fingerprint density at radius 3 is 2.67 bits per heavy atom. The molecule has 2 atom stereocenters. The summed E-state index contributed by atoms with van der Waals surface area (Å²) in [6.07, 6.45) is 1.92. The Morgan fingerprint density at radius 1 is 1.43 bits per heavy atom. The molecule has 0 fully saturated rings. The first-order valence-corrected chi connectivity index (χ1v) is 8.82. The summed E-state index contributed by atoms with van der Waals surface area (Å²) in [5, 5.41) is 14.1. The molecule has 1 aromatic carbocycles. The van der Waals surface area contributed by atoms with Crippen LogP contribution in [0.1, 0.15) is 17.3 Å². The van der Waals surface area contributed by atoms with Crippen LogP contribution in [0.25, 0.3) is 11.3 Å². The van der Waals surface area contributed by atoms with E-state index in [1.807, 2.05) is 30.7 Å². The van der Waals surface area contributed by atoms with Crippen molar-refractivity contribution >= 4 is 29.0 Å². The first-order valence-electron chi connectivity index (χ1n) is 6.59. The van der Waals surface area contributed by atoms with Crippen LogP contribution in [-0.2, 0) is 0 Å². The number of benzene rings is 1. The van der Waals surface area contributed by atoms with Crippen LogP contribution in [0.4, 0.5) is 0 Å². The maximum Gasteiger partial charge on any atom is 0.251 e. The number of rotatable bonds is 6. The minimum Gasteiger partial charge on any atom is -0.395 e. The highest BCUT2D eigenvalue weighted by Crippen LogP contribution is 2.19. The van der Waals surface area contributed by atoms with Gasteiger partial charge in [-0.3, -0.25) is 4.79 Å². The number of amides is 1. The van der Waals surface area contributed by atoms with E-state index in [9.17, 15) is 9.90 Å². The standard InChI is InChI=1S/C15H18N2O2S2/c1-10(14(7-18)20-2)17-15(19)12-5-3-11(4-6-12)13-8-21-9-16-13/h3-6,8-10,14,18H,7H2,1-2H3,(H,17,19). The van der Waals surface area contributed by atoms with Crippen molar-refractivity contribution in [1.29, 1.82) is 0 Å². The van der Waals surface area contributed by atoms with Gasteiger partial charge < -0.3 is 10.4 Å². The highest BCUT2D eigenvalue weighted by molar-refractivity contribution is 7.99. The fourth-order valence-electron chi connectivity index (χ4n) is 1.97. The summed E-state index contributed by atoms with van der Waals surface area (Å²) < 4.78 is 0. The molecular weight excluding hydrogens is 304 g/mol. The number of carbonyl (C=O) groups is 1. The molecule has 0 bridgehead atoms.